The highest BCUT2D eigenvalue weighted by Gasteiger charge is 2.18. The Balaban J connectivity index is 2.06. The summed E-state index contributed by atoms with van der Waals surface area (Å²) in [5.74, 6) is -0.554. The number of benzene rings is 2. The lowest BCUT2D eigenvalue weighted by molar-refractivity contribution is 0.0526. The molecule has 26 heavy (non-hydrogen) atoms. The van der Waals surface area contributed by atoms with Crippen LogP contribution in [0, 0.1) is 5.82 Å². The maximum Gasteiger partial charge on any atom is 0.343 e. The van der Waals surface area contributed by atoms with E-state index in [4.69, 9.17) is 10.5 Å². The molecule has 0 radical (unpaired) electrons. The van der Waals surface area contributed by atoms with Gasteiger partial charge in [0, 0.05) is 17.4 Å². The van der Waals surface area contributed by atoms with Gasteiger partial charge in [0.05, 0.1) is 12.3 Å². The standard InChI is InChI=1S/C19H17FN4O2/c1-2-26-19(25)14-11-22-17(12-6-5-7-13(21)10-12)24-18(14)23-16-9-4-3-8-15(16)20/h3-11H,2,21H2,1H3,(H,22,23,24). The molecular formula is C19H17FN4O2. The van der Waals surface area contributed by atoms with Crippen LogP contribution >= 0.6 is 0 Å². The largest absolute Gasteiger partial charge is 0.462 e. The summed E-state index contributed by atoms with van der Waals surface area (Å²) in [5.41, 5.74) is 7.34. The molecule has 0 aliphatic heterocycles. The third-order valence-corrected chi connectivity index (χ3v) is 3.56. The first-order valence-corrected chi connectivity index (χ1v) is 8.00. The molecule has 0 aliphatic carbocycles. The number of carbonyl (C=O) groups is 1. The van der Waals surface area contributed by atoms with Gasteiger partial charge in [-0.05, 0) is 31.2 Å². The van der Waals surface area contributed by atoms with Crippen LogP contribution in [0.1, 0.15) is 17.3 Å². The Bertz CT molecular complexity index is 946. The first-order valence-electron chi connectivity index (χ1n) is 8.00. The second kappa shape index (κ2) is 7.60. The molecule has 1 aromatic heterocycles. The van der Waals surface area contributed by atoms with Gasteiger partial charge in [-0.15, -0.1) is 0 Å². The molecule has 0 aliphatic rings. The van der Waals surface area contributed by atoms with Gasteiger partial charge in [0.2, 0.25) is 0 Å². The van der Waals surface area contributed by atoms with E-state index in [0.717, 1.165) is 0 Å². The van der Waals surface area contributed by atoms with E-state index < -0.39 is 11.8 Å². The molecular weight excluding hydrogens is 335 g/mol. The average molecular weight is 352 g/mol. The van der Waals surface area contributed by atoms with Crippen molar-refractivity contribution in [1.82, 2.24) is 9.97 Å². The fourth-order valence-corrected chi connectivity index (χ4v) is 2.34. The molecule has 0 saturated heterocycles. The van der Waals surface area contributed by atoms with Gasteiger partial charge in [-0.2, -0.15) is 0 Å². The predicted octanol–water partition coefficient (Wildman–Crippen LogP) is 3.79. The number of nitrogens with two attached hydrogens (primary N) is 1. The van der Waals surface area contributed by atoms with Gasteiger partial charge in [0.25, 0.3) is 0 Å². The van der Waals surface area contributed by atoms with Gasteiger partial charge < -0.3 is 15.8 Å². The number of para-hydroxylation sites is 1. The van der Waals surface area contributed by atoms with Gasteiger partial charge in [-0.3, -0.25) is 0 Å². The number of aromatic nitrogens is 2. The molecule has 0 bridgehead atoms. The highest BCUT2D eigenvalue weighted by molar-refractivity contribution is 5.95. The van der Waals surface area contributed by atoms with Crippen LogP contribution < -0.4 is 11.1 Å². The molecule has 132 valence electrons. The molecule has 0 unspecified atom stereocenters. The van der Waals surface area contributed by atoms with E-state index in [0.29, 0.717) is 17.1 Å². The molecule has 3 N–H and O–H groups in total. The second-order valence-electron chi connectivity index (χ2n) is 5.41. The van der Waals surface area contributed by atoms with Crippen molar-refractivity contribution in [2.24, 2.45) is 0 Å². The van der Waals surface area contributed by atoms with Crippen LogP contribution in [-0.2, 0) is 4.74 Å². The van der Waals surface area contributed by atoms with Gasteiger partial charge >= 0.3 is 5.97 Å². The average Bonchev–Trinajstić information content (AvgIpc) is 2.64. The summed E-state index contributed by atoms with van der Waals surface area (Å²) in [7, 11) is 0. The fraction of sp³-hybridized carbons (Fsp3) is 0.105. The second-order valence-corrected chi connectivity index (χ2v) is 5.41. The van der Waals surface area contributed by atoms with E-state index in [9.17, 15) is 9.18 Å². The lowest BCUT2D eigenvalue weighted by atomic mass is 10.2. The van der Waals surface area contributed by atoms with Crippen LogP contribution in [0.2, 0.25) is 0 Å². The van der Waals surface area contributed by atoms with Crippen LogP contribution in [0.3, 0.4) is 0 Å². The summed E-state index contributed by atoms with van der Waals surface area (Å²) in [5, 5.41) is 2.85. The number of ether oxygens (including phenoxy) is 1. The molecule has 0 spiro atoms. The van der Waals surface area contributed by atoms with Crippen LogP contribution in [-0.4, -0.2) is 22.5 Å². The van der Waals surface area contributed by atoms with Crippen molar-refractivity contribution in [3.8, 4) is 11.4 Å². The Morgan fingerprint density at radius 2 is 2.04 bits per heavy atom. The summed E-state index contributed by atoms with van der Waals surface area (Å²) in [6.07, 6.45) is 1.35. The van der Waals surface area contributed by atoms with E-state index >= 15 is 0 Å². The Hall–Kier alpha value is -3.48. The number of nitrogens with one attached hydrogen (secondary N) is 1. The third kappa shape index (κ3) is 3.77. The summed E-state index contributed by atoms with van der Waals surface area (Å²) in [4.78, 5) is 20.8. The van der Waals surface area contributed by atoms with E-state index in [-0.39, 0.29) is 23.7 Å². The molecule has 3 aromatic rings. The first-order chi connectivity index (χ1) is 12.6. The van der Waals surface area contributed by atoms with Gasteiger partial charge in [-0.25, -0.2) is 19.2 Å². The minimum atomic E-state index is -0.592. The van der Waals surface area contributed by atoms with E-state index in [1.165, 1.54) is 12.3 Å². The summed E-state index contributed by atoms with van der Waals surface area (Å²) < 4.78 is 19.0. The number of carbonyl (C=O) groups excluding carboxylic acids is 1. The normalized spacial score (nSPS) is 10.4. The molecule has 0 saturated carbocycles. The maximum atomic E-state index is 14.0. The monoisotopic (exact) mass is 352 g/mol. The van der Waals surface area contributed by atoms with E-state index in [1.807, 2.05) is 0 Å². The minimum absolute atomic E-state index is 0.114. The molecule has 2 aromatic carbocycles. The Labute approximate surface area is 149 Å². The van der Waals surface area contributed by atoms with Gasteiger partial charge in [-0.1, -0.05) is 24.3 Å². The quantitative estimate of drug-likeness (QED) is 0.536. The van der Waals surface area contributed by atoms with Crippen molar-refractivity contribution < 1.29 is 13.9 Å². The number of esters is 1. The van der Waals surface area contributed by atoms with Crippen LogP contribution in [0.15, 0.2) is 54.7 Å². The SMILES string of the molecule is CCOC(=O)c1cnc(-c2cccc(N)c2)nc1Nc1ccccc1F. The summed E-state index contributed by atoms with van der Waals surface area (Å²) >= 11 is 0. The zero-order valence-corrected chi connectivity index (χ0v) is 14.1. The molecule has 0 fully saturated rings. The number of halogens is 1. The van der Waals surface area contributed by atoms with Crippen molar-refractivity contribution in [3.05, 3.63) is 66.1 Å². The summed E-state index contributed by atoms with van der Waals surface area (Å²) in [6.45, 7) is 1.90. The van der Waals surface area contributed by atoms with Crippen LogP contribution in [0.5, 0.6) is 0 Å². The Morgan fingerprint density at radius 3 is 2.77 bits per heavy atom. The lowest BCUT2D eigenvalue weighted by Gasteiger charge is -2.12. The summed E-state index contributed by atoms with van der Waals surface area (Å²) in [6, 6.07) is 13.1. The van der Waals surface area contributed by atoms with Gasteiger partial charge in [0.1, 0.15) is 17.2 Å². The molecule has 1 heterocycles. The number of nitrogen functional groups attached to an aromatic ring is 1. The lowest BCUT2D eigenvalue weighted by Crippen LogP contribution is -2.11. The minimum Gasteiger partial charge on any atom is -0.462 e. The number of anilines is 3. The number of hydrogen-bond acceptors (Lipinski definition) is 6. The zero-order valence-electron chi connectivity index (χ0n) is 14.1. The van der Waals surface area contributed by atoms with Crippen LogP contribution in [0.25, 0.3) is 11.4 Å². The van der Waals surface area contributed by atoms with Crippen molar-refractivity contribution >= 4 is 23.2 Å². The highest BCUT2D eigenvalue weighted by Crippen LogP contribution is 2.25. The number of rotatable bonds is 5. The van der Waals surface area contributed by atoms with Crippen LogP contribution in [0.4, 0.5) is 21.6 Å². The van der Waals surface area contributed by atoms with E-state index in [2.05, 4.69) is 15.3 Å². The molecule has 7 heteroatoms. The Kier molecular flexibility index (Phi) is 5.07. The number of nitrogens with zero attached hydrogens (tertiary/aromatic N) is 2. The smallest absolute Gasteiger partial charge is 0.343 e. The third-order valence-electron chi connectivity index (χ3n) is 3.56. The first kappa shape index (κ1) is 17.3. The van der Waals surface area contributed by atoms with Crippen molar-refractivity contribution in [1.29, 1.82) is 0 Å². The molecule has 3 rings (SSSR count). The molecule has 0 amide bonds. The van der Waals surface area contributed by atoms with E-state index in [1.54, 1.807) is 49.4 Å². The van der Waals surface area contributed by atoms with Crippen molar-refractivity contribution in [2.75, 3.05) is 17.7 Å². The number of hydrogen-bond donors (Lipinski definition) is 2. The zero-order chi connectivity index (χ0) is 18.5. The maximum absolute atomic E-state index is 14.0. The van der Waals surface area contributed by atoms with Crippen molar-refractivity contribution in [2.45, 2.75) is 6.92 Å². The van der Waals surface area contributed by atoms with Crippen molar-refractivity contribution in [3.63, 3.8) is 0 Å². The fourth-order valence-electron chi connectivity index (χ4n) is 2.34. The Morgan fingerprint density at radius 1 is 1.23 bits per heavy atom. The molecule has 6 nitrogen and oxygen atoms in total. The van der Waals surface area contributed by atoms with Gasteiger partial charge in [0.15, 0.2) is 5.82 Å². The topological polar surface area (TPSA) is 90.1 Å². The predicted molar refractivity (Wildman–Crippen MR) is 97.5 cm³/mol. The highest BCUT2D eigenvalue weighted by atomic mass is 19.1. The molecule has 0 atom stereocenters.